The molecule has 114 valence electrons. The van der Waals surface area contributed by atoms with Crippen LogP contribution in [0, 0.1) is 5.41 Å². The monoisotopic (exact) mass is 270 g/mol. The minimum atomic E-state index is -0.350. The Hall–Kier alpha value is -0.530. The van der Waals surface area contributed by atoms with Crippen LogP contribution in [0.15, 0.2) is 0 Å². The van der Waals surface area contributed by atoms with Gasteiger partial charge in [-0.3, -0.25) is 4.79 Å². The lowest BCUT2D eigenvalue weighted by atomic mass is 9.86. The molecule has 19 heavy (non-hydrogen) atoms. The fourth-order valence-electron chi connectivity index (χ4n) is 2.39. The Balaban J connectivity index is 4.60. The normalized spacial score (nSPS) is 15.1. The second-order valence-electron chi connectivity index (χ2n) is 6.68. The third kappa shape index (κ3) is 6.98. The lowest BCUT2D eigenvalue weighted by molar-refractivity contribution is -0.171. The SMILES string of the molecule is CCCCC(C)(CCC)OC(=O)C(C)(C)CCCC. The fraction of sp³-hybridized carbons (Fsp3) is 0.941. The number of carbonyl (C=O) groups excluding carboxylic acids is 1. The van der Waals surface area contributed by atoms with E-state index in [1.54, 1.807) is 0 Å². The molecule has 0 fully saturated rings. The highest BCUT2D eigenvalue weighted by atomic mass is 16.6. The van der Waals surface area contributed by atoms with Crippen LogP contribution in [-0.4, -0.2) is 11.6 Å². The van der Waals surface area contributed by atoms with Gasteiger partial charge in [0.05, 0.1) is 5.41 Å². The summed E-state index contributed by atoms with van der Waals surface area (Å²) in [5.74, 6) is -0.0204. The van der Waals surface area contributed by atoms with Crippen LogP contribution < -0.4 is 0 Å². The van der Waals surface area contributed by atoms with Crippen LogP contribution in [0.5, 0.6) is 0 Å². The second-order valence-corrected chi connectivity index (χ2v) is 6.68. The zero-order chi connectivity index (χ0) is 14.9. The molecule has 0 aliphatic heterocycles. The summed E-state index contributed by atoms with van der Waals surface area (Å²) in [6, 6.07) is 0. The summed E-state index contributed by atoms with van der Waals surface area (Å²) >= 11 is 0. The molecule has 0 saturated heterocycles. The molecule has 0 aliphatic carbocycles. The van der Waals surface area contributed by atoms with Crippen molar-refractivity contribution >= 4 is 5.97 Å². The number of esters is 1. The summed E-state index contributed by atoms with van der Waals surface area (Å²) in [4.78, 5) is 12.4. The number of hydrogen-bond donors (Lipinski definition) is 0. The second kappa shape index (κ2) is 8.60. The van der Waals surface area contributed by atoms with Gasteiger partial charge in [-0.15, -0.1) is 0 Å². The molecular formula is C17H34O2. The van der Waals surface area contributed by atoms with Gasteiger partial charge in [-0.2, -0.15) is 0 Å². The molecule has 0 bridgehead atoms. The van der Waals surface area contributed by atoms with Crippen LogP contribution in [0.4, 0.5) is 0 Å². The van der Waals surface area contributed by atoms with Gasteiger partial charge >= 0.3 is 5.97 Å². The molecule has 0 aromatic carbocycles. The molecule has 2 nitrogen and oxygen atoms in total. The van der Waals surface area contributed by atoms with E-state index < -0.39 is 0 Å². The van der Waals surface area contributed by atoms with E-state index >= 15 is 0 Å². The van der Waals surface area contributed by atoms with Crippen molar-refractivity contribution in [1.29, 1.82) is 0 Å². The lowest BCUT2D eigenvalue weighted by Crippen LogP contribution is -2.37. The van der Waals surface area contributed by atoms with Gasteiger partial charge in [0, 0.05) is 0 Å². The molecule has 0 rings (SSSR count). The van der Waals surface area contributed by atoms with Crippen LogP contribution in [0.25, 0.3) is 0 Å². The van der Waals surface area contributed by atoms with Gasteiger partial charge in [-0.25, -0.2) is 0 Å². The number of unbranched alkanes of at least 4 members (excludes halogenated alkanes) is 2. The third-order valence-corrected chi connectivity index (χ3v) is 3.89. The number of carbonyl (C=O) groups is 1. The van der Waals surface area contributed by atoms with Crippen molar-refractivity contribution in [2.24, 2.45) is 5.41 Å². The van der Waals surface area contributed by atoms with Gasteiger partial charge in [0.1, 0.15) is 5.60 Å². The molecule has 0 aliphatic rings. The zero-order valence-electron chi connectivity index (χ0n) is 14.0. The van der Waals surface area contributed by atoms with Crippen LogP contribution in [0.3, 0.4) is 0 Å². The molecule has 0 saturated carbocycles. The van der Waals surface area contributed by atoms with Crippen LogP contribution >= 0.6 is 0 Å². The number of rotatable bonds is 10. The third-order valence-electron chi connectivity index (χ3n) is 3.89. The van der Waals surface area contributed by atoms with Crippen molar-refractivity contribution in [3.63, 3.8) is 0 Å². The van der Waals surface area contributed by atoms with Gasteiger partial charge in [0.15, 0.2) is 0 Å². The maximum Gasteiger partial charge on any atom is 0.312 e. The van der Waals surface area contributed by atoms with Crippen LogP contribution in [0.2, 0.25) is 0 Å². The summed E-state index contributed by atoms with van der Waals surface area (Å²) in [5.41, 5.74) is -0.622. The van der Waals surface area contributed by atoms with Gasteiger partial charge in [0.2, 0.25) is 0 Å². The van der Waals surface area contributed by atoms with Gasteiger partial charge < -0.3 is 4.74 Å². The Kier molecular flexibility index (Phi) is 8.36. The average Bonchev–Trinajstić information content (AvgIpc) is 2.34. The Morgan fingerprint density at radius 2 is 1.37 bits per heavy atom. The van der Waals surface area contributed by atoms with Gasteiger partial charge in [0.25, 0.3) is 0 Å². The van der Waals surface area contributed by atoms with E-state index in [-0.39, 0.29) is 17.0 Å². The molecule has 1 atom stereocenters. The van der Waals surface area contributed by atoms with E-state index in [0.717, 1.165) is 51.4 Å². The van der Waals surface area contributed by atoms with E-state index in [0.29, 0.717) is 0 Å². The van der Waals surface area contributed by atoms with Crippen molar-refractivity contribution in [3.8, 4) is 0 Å². The van der Waals surface area contributed by atoms with Crippen LogP contribution in [-0.2, 0) is 9.53 Å². The van der Waals surface area contributed by atoms with E-state index in [9.17, 15) is 4.79 Å². The molecule has 0 N–H and O–H groups in total. The van der Waals surface area contributed by atoms with E-state index in [2.05, 4.69) is 27.7 Å². The standard InChI is InChI=1S/C17H34O2/c1-7-10-13-16(4,5)15(18)19-17(6,12-9-3)14-11-8-2/h7-14H2,1-6H3. The Bertz CT molecular complexity index is 258. The molecule has 0 aromatic heterocycles. The molecule has 1 unspecified atom stereocenters. The summed E-state index contributed by atoms with van der Waals surface area (Å²) in [5, 5.41) is 0. The summed E-state index contributed by atoms with van der Waals surface area (Å²) in [6.07, 6.45) is 8.40. The van der Waals surface area contributed by atoms with E-state index in [1.165, 1.54) is 0 Å². The Morgan fingerprint density at radius 3 is 1.84 bits per heavy atom. The molecule has 0 heterocycles. The first kappa shape index (κ1) is 18.5. The zero-order valence-corrected chi connectivity index (χ0v) is 14.0. The maximum atomic E-state index is 12.4. The molecule has 0 amide bonds. The largest absolute Gasteiger partial charge is 0.459 e. The van der Waals surface area contributed by atoms with Crippen molar-refractivity contribution < 1.29 is 9.53 Å². The van der Waals surface area contributed by atoms with Crippen molar-refractivity contribution in [3.05, 3.63) is 0 Å². The molecular weight excluding hydrogens is 236 g/mol. The first-order chi connectivity index (χ1) is 8.81. The smallest absolute Gasteiger partial charge is 0.312 e. The number of ether oxygens (including phenoxy) is 1. The molecule has 0 aromatic rings. The van der Waals surface area contributed by atoms with Crippen molar-refractivity contribution in [2.75, 3.05) is 0 Å². The fourth-order valence-corrected chi connectivity index (χ4v) is 2.39. The first-order valence-electron chi connectivity index (χ1n) is 8.04. The van der Waals surface area contributed by atoms with Crippen molar-refractivity contribution in [1.82, 2.24) is 0 Å². The maximum absolute atomic E-state index is 12.4. The predicted octanol–water partition coefficient (Wildman–Crippen LogP) is 5.50. The summed E-state index contributed by atoms with van der Waals surface area (Å²) in [7, 11) is 0. The minimum Gasteiger partial charge on any atom is -0.459 e. The minimum absolute atomic E-state index is 0.0204. The highest BCUT2D eigenvalue weighted by Crippen LogP contribution is 2.31. The lowest BCUT2D eigenvalue weighted by Gasteiger charge is -2.34. The molecule has 2 heteroatoms. The summed E-state index contributed by atoms with van der Waals surface area (Å²) in [6.45, 7) is 12.6. The van der Waals surface area contributed by atoms with Gasteiger partial charge in [-0.1, -0.05) is 46.5 Å². The highest BCUT2D eigenvalue weighted by Gasteiger charge is 2.35. The van der Waals surface area contributed by atoms with Gasteiger partial charge in [-0.05, 0) is 46.5 Å². The predicted molar refractivity (Wildman–Crippen MR) is 82.2 cm³/mol. The Morgan fingerprint density at radius 1 is 0.842 bits per heavy atom. The van der Waals surface area contributed by atoms with Crippen molar-refractivity contribution in [2.45, 2.75) is 98.5 Å². The topological polar surface area (TPSA) is 26.3 Å². The quantitative estimate of drug-likeness (QED) is 0.490. The average molecular weight is 270 g/mol. The van der Waals surface area contributed by atoms with E-state index in [4.69, 9.17) is 4.74 Å². The molecule has 0 radical (unpaired) electrons. The summed E-state index contributed by atoms with van der Waals surface area (Å²) < 4.78 is 5.90. The van der Waals surface area contributed by atoms with Crippen LogP contribution in [0.1, 0.15) is 92.9 Å². The van der Waals surface area contributed by atoms with E-state index in [1.807, 2.05) is 13.8 Å². The highest BCUT2D eigenvalue weighted by molar-refractivity contribution is 5.76. The first-order valence-corrected chi connectivity index (χ1v) is 8.04. The Labute approximate surface area is 120 Å². The number of hydrogen-bond acceptors (Lipinski definition) is 2. The molecule has 0 spiro atoms.